The Labute approximate surface area is 66.4 Å². The highest BCUT2D eigenvalue weighted by Crippen LogP contribution is 2.00. The first-order chi connectivity index (χ1) is 4.45. The van der Waals surface area contributed by atoms with Crippen LogP contribution < -0.4 is 0 Å². The van der Waals surface area contributed by atoms with Crippen LogP contribution in [0, 0.1) is 0 Å². The smallest absolute Gasteiger partial charge is 0.481 e. The van der Waals surface area contributed by atoms with Gasteiger partial charge < -0.3 is 13.0 Å². The van der Waals surface area contributed by atoms with E-state index in [0.29, 0.717) is 0 Å². The lowest BCUT2D eigenvalue weighted by Crippen LogP contribution is -2.33. The maximum atomic E-state index is 11.0. The molecule has 0 saturated heterocycles. The minimum Gasteiger partial charge on any atom is -0.581 e. The highest BCUT2D eigenvalue weighted by Gasteiger charge is 2.20. The third-order valence-corrected chi connectivity index (χ3v) is 7.44. The number of hydrogen-bond acceptors (Lipinski definition) is 3. The van der Waals surface area contributed by atoms with Crippen LogP contribution in [-0.2, 0) is 13.0 Å². The van der Waals surface area contributed by atoms with Gasteiger partial charge in [0.05, 0.1) is 0 Å². The Bertz CT molecular complexity index is 119. The molecule has 0 amide bonds. The standard InChI is InChI=1S/C4H14O3Si3/c1-6-8-9(5)7-10(2,3)4/h8H2,1-4H3. The van der Waals surface area contributed by atoms with E-state index in [1.165, 1.54) is 0 Å². The molecule has 0 atom stereocenters. The van der Waals surface area contributed by atoms with Crippen molar-refractivity contribution < 1.29 is 13.0 Å². The van der Waals surface area contributed by atoms with Crippen molar-refractivity contribution in [2.45, 2.75) is 19.6 Å². The van der Waals surface area contributed by atoms with Gasteiger partial charge in [-0.05, 0) is 19.6 Å². The zero-order valence-electron chi connectivity index (χ0n) is 6.93. The summed E-state index contributed by atoms with van der Waals surface area (Å²) in [6.07, 6.45) is 0. The third-order valence-electron chi connectivity index (χ3n) is 0.682. The Morgan fingerprint density at radius 1 is 1.40 bits per heavy atom. The quantitative estimate of drug-likeness (QED) is 0.590. The van der Waals surface area contributed by atoms with E-state index in [9.17, 15) is 4.46 Å². The van der Waals surface area contributed by atoms with E-state index in [2.05, 4.69) is 0 Å². The summed E-state index contributed by atoms with van der Waals surface area (Å²) in [6, 6.07) is 0. The van der Waals surface area contributed by atoms with E-state index in [0.717, 1.165) is 0 Å². The first kappa shape index (κ1) is 10.2. The molecule has 0 fully saturated rings. The Kier molecular flexibility index (Phi) is 4.25. The molecule has 0 rings (SSSR count). The first-order valence-electron chi connectivity index (χ1n) is 3.16. The Morgan fingerprint density at radius 3 is 2.20 bits per heavy atom. The number of hydrogen-bond donors (Lipinski definition) is 0. The second kappa shape index (κ2) is 4.16. The van der Waals surface area contributed by atoms with Crippen LogP contribution in [0.4, 0.5) is 0 Å². The molecular formula is C4H14O3Si3. The molecule has 0 bridgehead atoms. The lowest BCUT2D eigenvalue weighted by Gasteiger charge is -2.16. The van der Waals surface area contributed by atoms with Gasteiger partial charge in [0.25, 0.3) is 9.28 Å². The molecule has 0 saturated carbocycles. The molecule has 0 aliphatic rings. The van der Waals surface area contributed by atoms with Crippen molar-refractivity contribution in [3.05, 3.63) is 0 Å². The van der Waals surface area contributed by atoms with Crippen LogP contribution in [0.3, 0.4) is 0 Å². The summed E-state index contributed by atoms with van der Waals surface area (Å²) in [4.78, 5) is 0. The molecule has 10 heavy (non-hydrogen) atoms. The first-order valence-corrected chi connectivity index (χ1v) is 10.8. The van der Waals surface area contributed by atoms with Crippen molar-refractivity contribution in [3.63, 3.8) is 0 Å². The van der Waals surface area contributed by atoms with Crippen LogP contribution in [0.1, 0.15) is 0 Å². The van der Waals surface area contributed by atoms with Gasteiger partial charge in [-0.15, -0.1) is 0 Å². The topological polar surface area (TPSA) is 35.5 Å². The maximum Gasteiger partial charge on any atom is 0.481 e. The lowest BCUT2D eigenvalue weighted by molar-refractivity contribution is 0.424. The molecule has 0 aliphatic carbocycles. The largest absolute Gasteiger partial charge is 0.581 e. The van der Waals surface area contributed by atoms with Crippen molar-refractivity contribution in [2.75, 3.05) is 7.11 Å². The summed E-state index contributed by atoms with van der Waals surface area (Å²) < 4.78 is 21.1. The minimum absolute atomic E-state index is 0.875. The van der Waals surface area contributed by atoms with Crippen molar-refractivity contribution in [2.24, 2.45) is 0 Å². The normalized spacial score (nSPS) is 12.4. The maximum absolute atomic E-state index is 11.0. The summed E-state index contributed by atoms with van der Waals surface area (Å²) in [5, 5.41) is 0. The van der Waals surface area contributed by atoms with Gasteiger partial charge in [0.1, 0.15) is 0 Å². The highest BCUT2D eigenvalue weighted by molar-refractivity contribution is 7.01. The van der Waals surface area contributed by atoms with Gasteiger partial charge in [-0.25, -0.2) is 0 Å². The molecule has 6 heteroatoms. The van der Waals surface area contributed by atoms with Crippen LogP contribution in [0.15, 0.2) is 0 Å². The van der Waals surface area contributed by atoms with E-state index < -0.39 is 26.0 Å². The fourth-order valence-corrected chi connectivity index (χ4v) is 8.83. The van der Waals surface area contributed by atoms with Crippen LogP contribution in [0.2, 0.25) is 19.6 Å². The van der Waals surface area contributed by atoms with Gasteiger partial charge in [-0.1, -0.05) is 0 Å². The second-order valence-electron chi connectivity index (χ2n) is 3.02. The summed E-state index contributed by atoms with van der Waals surface area (Å²) in [5.74, 6) is 0. The molecule has 3 nitrogen and oxygen atoms in total. The molecule has 60 valence electrons. The van der Waals surface area contributed by atoms with E-state index >= 15 is 0 Å². The predicted octanol–water partition coefficient (Wildman–Crippen LogP) is -0.0165. The van der Waals surface area contributed by atoms with Gasteiger partial charge >= 0.3 is 8.44 Å². The molecule has 0 aromatic heterocycles. The van der Waals surface area contributed by atoms with Crippen molar-refractivity contribution in [3.8, 4) is 0 Å². The second-order valence-corrected chi connectivity index (χ2v) is 12.3. The van der Waals surface area contributed by atoms with Crippen LogP contribution in [0.25, 0.3) is 0 Å². The Hall–Kier alpha value is 0.211. The van der Waals surface area contributed by atoms with Crippen molar-refractivity contribution in [1.29, 1.82) is 0 Å². The highest BCUT2D eigenvalue weighted by atomic mass is 29.2. The molecule has 0 heterocycles. The molecule has 0 unspecified atom stereocenters. The molecule has 0 spiro atoms. The third kappa shape index (κ3) is 6.33. The predicted molar refractivity (Wildman–Crippen MR) is 46.4 cm³/mol. The zero-order chi connectivity index (χ0) is 8.20. The SMILES string of the molecule is CO[SiH2][Si](=O)O[Si](C)(C)C. The van der Waals surface area contributed by atoms with Crippen LogP contribution >= 0.6 is 0 Å². The van der Waals surface area contributed by atoms with Crippen LogP contribution in [-0.4, -0.2) is 33.2 Å². The van der Waals surface area contributed by atoms with Gasteiger partial charge in [-0.3, -0.25) is 0 Å². The average Bonchev–Trinajstić information content (AvgIpc) is 1.59. The van der Waals surface area contributed by atoms with Gasteiger partial charge in [0, 0.05) is 7.11 Å². The van der Waals surface area contributed by atoms with Crippen molar-refractivity contribution >= 4 is 26.0 Å². The van der Waals surface area contributed by atoms with E-state index in [-0.39, 0.29) is 0 Å². The molecule has 0 aromatic carbocycles. The van der Waals surface area contributed by atoms with E-state index in [4.69, 9.17) is 8.54 Å². The van der Waals surface area contributed by atoms with Gasteiger partial charge in [-0.2, -0.15) is 0 Å². The Morgan fingerprint density at radius 2 is 1.90 bits per heavy atom. The summed E-state index contributed by atoms with van der Waals surface area (Å²) in [7, 11) is -2.63. The lowest BCUT2D eigenvalue weighted by atomic mass is 11.8. The summed E-state index contributed by atoms with van der Waals surface area (Å²) in [6.45, 7) is 6.08. The van der Waals surface area contributed by atoms with Gasteiger partial charge in [0.15, 0.2) is 0 Å². The van der Waals surface area contributed by atoms with E-state index in [1.807, 2.05) is 19.6 Å². The molecule has 0 aromatic rings. The fourth-order valence-electron chi connectivity index (χ4n) is 0.489. The van der Waals surface area contributed by atoms with E-state index in [1.54, 1.807) is 7.11 Å². The molecule has 0 aliphatic heterocycles. The molecule has 0 radical (unpaired) electrons. The molecule has 0 N–H and O–H groups in total. The number of rotatable bonds is 4. The summed E-state index contributed by atoms with van der Waals surface area (Å²) >= 11 is 0. The zero-order valence-corrected chi connectivity index (χ0v) is 10.3. The summed E-state index contributed by atoms with van der Waals surface area (Å²) in [5.41, 5.74) is 0. The minimum atomic E-state index is -1.77. The van der Waals surface area contributed by atoms with Crippen molar-refractivity contribution in [1.82, 2.24) is 0 Å². The van der Waals surface area contributed by atoms with Gasteiger partial charge in [0.2, 0.25) is 8.32 Å². The fraction of sp³-hybridized carbons (Fsp3) is 1.00. The monoisotopic (exact) mass is 194 g/mol. The molecular weight excluding hydrogens is 180 g/mol. The van der Waals surface area contributed by atoms with Crippen LogP contribution in [0.5, 0.6) is 0 Å². The Balaban J connectivity index is 3.58. The average molecular weight is 194 g/mol.